The third kappa shape index (κ3) is 2.51. The zero-order chi connectivity index (χ0) is 14.1. The van der Waals surface area contributed by atoms with E-state index in [2.05, 4.69) is 21.9 Å². The summed E-state index contributed by atoms with van der Waals surface area (Å²) < 4.78 is 1.91. The Kier molecular flexibility index (Phi) is 3.40. The number of amides is 1. The fourth-order valence-electron chi connectivity index (χ4n) is 2.49. The molecule has 0 aliphatic carbocycles. The quantitative estimate of drug-likeness (QED) is 0.800. The highest BCUT2D eigenvalue weighted by Crippen LogP contribution is 2.13. The second-order valence-corrected chi connectivity index (χ2v) is 5.32. The minimum absolute atomic E-state index is 0.159. The van der Waals surface area contributed by atoms with Gasteiger partial charge >= 0.3 is 0 Å². The van der Waals surface area contributed by atoms with Crippen molar-refractivity contribution >= 4 is 16.9 Å². The van der Waals surface area contributed by atoms with Gasteiger partial charge in [0.05, 0.1) is 0 Å². The Morgan fingerprint density at radius 1 is 1.30 bits per heavy atom. The SMILES string of the molecule is Cc1ncc2ccn(CC(=O)N3CCN(C)CC3)c2n1. The van der Waals surface area contributed by atoms with Crippen LogP contribution in [-0.4, -0.2) is 63.5 Å². The molecule has 0 N–H and O–H groups in total. The van der Waals surface area contributed by atoms with E-state index in [4.69, 9.17) is 0 Å². The highest BCUT2D eigenvalue weighted by atomic mass is 16.2. The van der Waals surface area contributed by atoms with Crippen LogP contribution in [0.1, 0.15) is 5.82 Å². The minimum Gasteiger partial charge on any atom is -0.339 e. The molecule has 0 unspecified atom stereocenters. The summed E-state index contributed by atoms with van der Waals surface area (Å²) in [6, 6.07) is 1.95. The zero-order valence-electron chi connectivity index (χ0n) is 11.9. The Bertz CT molecular complexity index is 628. The van der Waals surface area contributed by atoms with Crippen LogP contribution in [0.2, 0.25) is 0 Å². The molecule has 1 aliphatic rings. The number of rotatable bonds is 2. The molecule has 6 nitrogen and oxygen atoms in total. The van der Waals surface area contributed by atoms with E-state index in [9.17, 15) is 4.79 Å². The normalized spacial score (nSPS) is 16.8. The number of nitrogens with zero attached hydrogens (tertiary/aromatic N) is 5. The van der Waals surface area contributed by atoms with Gasteiger partial charge in [0, 0.05) is 44.0 Å². The molecule has 0 radical (unpaired) electrons. The molecule has 20 heavy (non-hydrogen) atoms. The van der Waals surface area contributed by atoms with Crippen molar-refractivity contribution in [1.82, 2.24) is 24.3 Å². The van der Waals surface area contributed by atoms with E-state index in [0.717, 1.165) is 43.0 Å². The van der Waals surface area contributed by atoms with Crippen LogP contribution in [0.5, 0.6) is 0 Å². The van der Waals surface area contributed by atoms with Crippen LogP contribution in [0.25, 0.3) is 11.0 Å². The molecule has 3 rings (SSSR count). The first-order valence-electron chi connectivity index (χ1n) is 6.88. The van der Waals surface area contributed by atoms with E-state index < -0.39 is 0 Å². The molecular formula is C14H19N5O. The molecule has 1 aliphatic heterocycles. The molecule has 2 aromatic heterocycles. The lowest BCUT2D eigenvalue weighted by atomic mass is 10.3. The molecule has 0 aromatic carbocycles. The van der Waals surface area contributed by atoms with Crippen molar-refractivity contribution < 1.29 is 4.79 Å². The van der Waals surface area contributed by atoms with Gasteiger partial charge in [-0.2, -0.15) is 0 Å². The summed E-state index contributed by atoms with van der Waals surface area (Å²) in [6.07, 6.45) is 3.71. The van der Waals surface area contributed by atoms with E-state index in [0.29, 0.717) is 6.54 Å². The average molecular weight is 273 g/mol. The number of piperazine rings is 1. The number of fused-ring (bicyclic) bond motifs is 1. The molecule has 0 bridgehead atoms. The van der Waals surface area contributed by atoms with Crippen molar-refractivity contribution in [3.63, 3.8) is 0 Å². The van der Waals surface area contributed by atoms with Crippen LogP contribution in [0.4, 0.5) is 0 Å². The Labute approximate surface area is 118 Å². The van der Waals surface area contributed by atoms with Crippen LogP contribution in [0.15, 0.2) is 18.5 Å². The molecule has 0 spiro atoms. The molecule has 2 aromatic rings. The van der Waals surface area contributed by atoms with Crippen molar-refractivity contribution in [2.75, 3.05) is 33.2 Å². The first-order valence-corrected chi connectivity index (χ1v) is 6.88. The highest BCUT2D eigenvalue weighted by Gasteiger charge is 2.19. The van der Waals surface area contributed by atoms with Gasteiger partial charge < -0.3 is 14.4 Å². The summed E-state index contributed by atoms with van der Waals surface area (Å²) in [5.41, 5.74) is 0.833. The van der Waals surface area contributed by atoms with Gasteiger partial charge in [-0.05, 0) is 20.0 Å². The molecule has 0 saturated carbocycles. The number of carbonyl (C=O) groups excluding carboxylic acids is 1. The predicted molar refractivity (Wildman–Crippen MR) is 76.3 cm³/mol. The third-order valence-corrected chi connectivity index (χ3v) is 3.78. The predicted octanol–water partition coefficient (Wildman–Crippen LogP) is 0.514. The summed E-state index contributed by atoms with van der Waals surface area (Å²) in [4.78, 5) is 25.1. The molecule has 106 valence electrons. The third-order valence-electron chi connectivity index (χ3n) is 3.78. The first-order chi connectivity index (χ1) is 9.63. The maximum absolute atomic E-state index is 12.3. The lowest BCUT2D eigenvalue weighted by Crippen LogP contribution is -2.48. The van der Waals surface area contributed by atoms with Gasteiger partial charge in [0.15, 0.2) is 0 Å². The molecule has 6 heteroatoms. The number of aromatic nitrogens is 3. The largest absolute Gasteiger partial charge is 0.339 e. The van der Waals surface area contributed by atoms with Crippen molar-refractivity contribution in [2.24, 2.45) is 0 Å². The summed E-state index contributed by atoms with van der Waals surface area (Å²) in [5, 5.41) is 0.974. The van der Waals surface area contributed by atoms with E-state index in [1.165, 1.54) is 0 Å². The Morgan fingerprint density at radius 2 is 2.05 bits per heavy atom. The van der Waals surface area contributed by atoms with E-state index in [1.54, 1.807) is 6.20 Å². The van der Waals surface area contributed by atoms with Crippen LogP contribution >= 0.6 is 0 Å². The molecule has 1 fully saturated rings. The van der Waals surface area contributed by atoms with Gasteiger partial charge in [0.25, 0.3) is 0 Å². The highest BCUT2D eigenvalue weighted by molar-refractivity contribution is 5.80. The summed E-state index contributed by atoms with van der Waals surface area (Å²) in [6.45, 7) is 5.72. The number of hydrogen-bond acceptors (Lipinski definition) is 4. The Hall–Kier alpha value is -1.95. The van der Waals surface area contributed by atoms with Gasteiger partial charge in [-0.25, -0.2) is 9.97 Å². The number of aryl methyl sites for hydroxylation is 1. The maximum Gasteiger partial charge on any atom is 0.242 e. The van der Waals surface area contributed by atoms with Crippen LogP contribution in [0, 0.1) is 6.92 Å². The fourth-order valence-corrected chi connectivity index (χ4v) is 2.49. The van der Waals surface area contributed by atoms with Gasteiger partial charge in [-0.1, -0.05) is 0 Å². The molecule has 1 saturated heterocycles. The molecular weight excluding hydrogens is 254 g/mol. The van der Waals surface area contributed by atoms with Gasteiger partial charge in [0.1, 0.15) is 18.0 Å². The standard InChI is InChI=1S/C14H19N5O/c1-11-15-9-12-3-4-19(14(12)16-11)10-13(20)18-7-5-17(2)6-8-18/h3-4,9H,5-8,10H2,1-2H3. The van der Waals surface area contributed by atoms with Gasteiger partial charge in [-0.15, -0.1) is 0 Å². The number of hydrogen-bond donors (Lipinski definition) is 0. The van der Waals surface area contributed by atoms with Crippen LogP contribution in [-0.2, 0) is 11.3 Å². The van der Waals surface area contributed by atoms with Crippen LogP contribution in [0.3, 0.4) is 0 Å². The Balaban J connectivity index is 1.76. The number of carbonyl (C=O) groups is 1. The second-order valence-electron chi connectivity index (χ2n) is 5.32. The second kappa shape index (κ2) is 5.20. The maximum atomic E-state index is 12.3. The fraction of sp³-hybridized carbons (Fsp3) is 0.500. The molecule has 0 atom stereocenters. The topological polar surface area (TPSA) is 54.3 Å². The first kappa shape index (κ1) is 13.1. The lowest BCUT2D eigenvalue weighted by molar-refractivity contribution is -0.133. The minimum atomic E-state index is 0.159. The summed E-state index contributed by atoms with van der Waals surface area (Å²) >= 11 is 0. The van der Waals surface area contributed by atoms with Gasteiger partial charge in [0.2, 0.25) is 5.91 Å². The molecule has 1 amide bonds. The van der Waals surface area contributed by atoms with Crippen molar-refractivity contribution in [3.8, 4) is 0 Å². The molecule has 3 heterocycles. The van der Waals surface area contributed by atoms with Gasteiger partial charge in [-0.3, -0.25) is 4.79 Å². The summed E-state index contributed by atoms with van der Waals surface area (Å²) in [5.74, 6) is 0.886. The monoisotopic (exact) mass is 273 g/mol. The van der Waals surface area contributed by atoms with Crippen molar-refractivity contribution in [1.29, 1.82) is 0 Å². The van der Waals surface area contributed by atoms with E-state index >= 15 is 0 Å². The summed E-state index contributed by atoms with van der Waals surface area (Å²) in [7, 11) is 2.08. The number of likely N-dealkylation sites (N-methyl/N-ethyl adjacent to an activating group) is 1. The Morgan fingerprint density at radius 3 is 2.80 bits per heavy atom. The van der Waals surface area contributed by atoms with Crippen molar-refractivity contribution in [3.05, 3.63) is 24.3 Å². The zero-order valence-corrected chi connectivity index (χ0v) is 11.9. The van der Waals surface area contributed by atoms with Crippen LogP contribution < -0.4 is 0 Å². The smallest absolute Gasteiger partial charge is 0.242 e. The average Bonchev–Trinajstić information content (AvgIpc) is 2.82. The van der Waals surface area contributed by atoms with E-state index in [1.807, 2.05) is 28.7 Å². The van der Waals surface area contributed by atoms with Crippen molar-refractivity contribution in [2.45, 2.75) is 13.5 Å². The van der Waals surface area contributed by atoms with E-state index in [-0.39, 0.29) is 5.91 Å². The lowest BCUT2D eigenvalue weighted by Gasteiger charge is -2.32.